The largest absolute Gasteiger partial charge is 0.396 e. The Morgan fingerprint density at radius 1 is 1.33 bits per heavy atom. The van der Waals surface area contributed by atoms with Crippen LogP contribution in [0.2, 0.25) is 0 Å². The number of sulfonamides is 1. The zero-order chi connectivity index (χ0) is 15.3. The lowest BCUT2D eigenvalue weighted by molar-refractivity contribution is 0.107. The van der Waals surface area contributed by atoms with Gasteiger partial charge in [-0.3, -0.25) is 0 Å². The van der Waals surface area contributed by atoms with E-state index in [0.29, 0.717) is 19.6 Å². The van der Waals surface area contributed by atoms with E-state index in [-0.39, 0.29) is 23.5 Å². The molecule has 21 heavy (non-hydrogen) atoms. The molecule has 1 aromatic rings. The number of hydrogen-bond donors (Lipinski definition) is 2. The first-order valence-electron chi connectivity index (χ1n) is 7.34. The number of aliphatic hydroxyl groups excluding tert-OH is 1. The monoisotopic (exact) mass is 313 g/mol. The molecule has 1 heterocycles. The summed E-state index contributed by atoms with van der Waals surface area (Å²) < 4.78 is 32.6. The van der Waals surface area contributed by atoms with Crippen molar-refractivity contribution >= 4 is 10.0 Å². The fraction of sp³-hybridized carbons (Fsp3) is 0.600. The first kappa shape index (κ1) is 16.4. The summed E-state index contributed by atoms with van der Waals surface area (Å²) in [5.74, 6) is 0.239. The van der Waals surface area contributed by atoms with Gasteiger partial charge in [-0.05, 0) is 43.9 Å². The molecule has 0 saturated carbocycles. The van der Waals surface area contributed by atoms with Crippen molar-refractivity contribution in [3.8, 4) is 0 Å². The van der Waals surface area contributed by atoms with Gasteiger partial charge in [0.05, 0.1) is 11.0 Å². The number of benzene rings is 1. The highest BCUT2D eigenvalue weighted by Gasteiger charge is 2.26. The van der Waals surface area contributed by atoms with Crippen molar-refractivity contribution in [1.29, 1.82) is 0 Å². The van der Waals surface area contributed by atoms with E-state index in [9.17, 15) is 8.42 Å². The molecule has 2 atom stereocenters. The highest BCUT2D eigenvalue weighted by molar-refractivity contribution is 7.89. The second-order valence-corrected chi connectivity index (χ2v) is 7.21. The molecule has 6 heteroatoms. The van der Waals surface area contributed by atoms with Crippen LogP contribution < -0.4 is 4.72 Å². The molecule has 0 spiro atoms. The third kappa shape index (κ3) is 4.51. The van der Waals surface area contributed by atoms with Crippen molar-refractivity contribution in [2.75, 3.05) is 19.8 Å². The van der Waals surface area contributed by atoms with E-state index in [2.05, 4.69) is 4.72 Å². The summed E-state index contributed by atoms with van der Waals surface area (Å²) in [4.78, 5) is 0.279. The molecule has 0 aromatic heterocycles. The van der Waals surface area contributed by atoms with Crippen LogP contribution in [-0.2, 0) is 21.2 Å². The molecular weight excluding hydrogens is 290 g/mol. The lowest BCUT2D eigenvalue weighted by Crippen LogP contribution is -2.32. The summed E-state index contributed by atoms with van der Waals surface area (Å²) in [5.41, 5.74) is 1.03. The molecule has 1 saturated heterocycles. The molecule has 1 aliphatic heterocycles. The number of ether oxygens (including phenoxy) is 1. The number of aliphatic hydroxyl groups is 1. The minimum Gasteiger partial charge on any atom is -0.396 e. The van der Waals surface area contributed by atoms with Crippen molar-refractivity contribution in [1.82, 2.24) is 4.72 Å². The second-order valence-electron chi connectivity index (χ2n) is 5.45. The normalized spacial score (nSPS) is 22.6. The fourth-order valence-corrected chi connectivity index (χ4v) is 3.56. The quantitative estimate of drug-likeness (QED) is 0.796. The predicted molar refractivity (Wildman–Crippen MR) is 80.6 cm³/mol. The van der Waals surface area contributed by atoms with Crippen molar-refractivity contribution in [3.05, 3.63) is 29.8 Å². The highest BCUT2D eigenvalue weighted by atomic mass is 32.2. The van der Waals surface area contributed by atoms with Crippen LogP contribution >= 0.6 is 0 Å². The Morgan fingerprint density at radius 3 is 2.62 bits per heavy atom. The average Bonchev–Trinajstić information content (AvgIpc) is 2.89. The Morgan fingerprint density at radius 2 is 2.05 bits per heavy atom. The third-order valence-electron chi connectivity index (χ3n) is 3.93. The third-order valence-corrected chi connectivity index (χ3v) is 5.37. The van der Waals surface area contributed by atoms with E-state index >= 15 is 0 Å². The van der Waals surface area contributed by atoms with E-state index < -0.39 is 10.0 Å². The Bertz CT molecular complexity index is 541. The molecule has 2 rings (SSSR count). The molecule has 0 radical (unpaired) electrons. The van der Waals surface area contributed by atoms with Gasteiger partial charge >= 0.3 is 0 Å². The molecule has 1 fully saturated rings. The zero-order valence-electron chi connectivity index (χ0n) is 12.3. The standard InChI is InChI=1S/C15H23NO4S/c1-12-14(8-10-20-12)11-16-21(18,19)15-6-4-13(5-7-15)3-2-9-17/h4-7,12,14,16-17H,2-3,8-11H2,1H3. The second kappa shape index (κ2) is 7.35. The summed E-state index contributed by atoms with van der Waals surface area (Å²) in [6.07, 6.45) is 2.43. The minimum absolute atomic E-state index is 0.105. The molecule has 0 bridgehead atoms. The van der Waals surface area contributed by atoms with Crippen molar-refractivity contribution in [2.24, 2.45) is 5.92 Å². The van der Waals surface area contributed by atoms with Gasteiger partial charge < -0.3 is 9.84 Å². The summed E-state index contributed by atoms with van der Waals surface area (Å²) in [6, 6.07) is 6.82. The first-order valence-corrected chi connectivity index (χ1v) is 8.82. The van der Waals surface area contributed by atoms with Crippen molar-refractivity contribution in [2.45, 2.75) is 37.2 Å². The number of rotatable bonds is 7. The van der Waals surface area contributed by atoms with Gasteiger partial charge in [0.15, 0.2) is 0 Å². The lowest BCUT2D eigenvalue weighted by Gasteiger charge is -2.15. The van der Waals surface area contributed by atoms with Gasteiger partial charge in [0.25, 0.3) is 0 Å². The van der Waals surface area contributed by atoms with E-state index in [1.807, 2.05) is 6.92 Å². The summed E-state index contributed by atoms with van der Waals surface area (Å²) in [6.45, 7) is 3.23. The van der Waals surface area contributed by atoms with Gasteiger partial charge in [-0.15, -0.1) is 0 Å². The maximum Gasteiger partial charge on any atom is 0.240 e. The Kier molecular flexibility index (Phi) is 5.75. The van der Waals surface area contributed by atoms with Crippen LogP contribution in [0.25, 0.3) is 0 Å². The molecule has 2 N–H and O–H groups in total. The molecule has 5 nitrogen and oxygen atoms in total. The molecule has 0 amide bonds. The van der Waals surface area contributed by atoms with E-state index in [1.165, 1.54) is 0 Å². The van der Waals surface area contributed by atoms with Gasteiger partial charge in [-0.2, -0.15) is 0 Å². The van der Waals surface area contributed by atoms with Crippen LogP contribution in [0.1, 0.15) is 25.3 Å². The SMILES string of the molecule is CC1OCCC1CNS(=O)(=O)c1ccc(CCCO)cc1. The summed E-state index contributed by atoms with van der Waals surface area (Å²) in [5, 5.41) is 8.79. The van der Waals surface area contributed by atoms with Crippen LogP contribution in [0.3, 0.4) is 0 Å². The molecular formula is C15H23NO4S. The maximum absolute atomic E-state index is 12.2. The summed E-state index contributed by atoms with van der Waals surface area (Å²) in [7, 11) is -3.46. The van der Waals surface area contributed by atoms with Gasteiger partial charge in [0, 0.05) is 25.7 Å². The number of nitrogens with one attached hydrogen (secondary N) is 1. The Hall–Kier alpha value is -0.950. The van der Waals surface area contributed by atoms with Gasteiger partial charge in [-0.1, -0.05) is 12.1 Å². The van der Waals surface area contributed by atoms with Crippen LogP contribution in [0.5, 0.6) is 0 Å². The Labute approximate surface area is 126 Å². The molecule has 1 aromatic carbocycles. The van der Waals surface area contributed by atoms with Crippen molar-refractivity contribution < 1.29 is 18.3 Å². The molecule has 1 aliphatic rings. The fourth-order valence-electron chi connectivity index (χ4n) is 2.46. The highest BCUT2D eigenvalue weighted by Crippen LogP contribution is 2.20. The zero-order valence-corrected chi connectivity index (χ0v) is 13.1. The minimum atomic E-state index is -3.46. The summed E-state index contributed by atoms with van der Waals surface area (Å²) >= 11 is 0. The maximum atomic E-state index is 12.2. The van der Waals surface area contributed by atoms with Gasteiger partial charge in [0.1, 0.15) is 0 Å². The lowest BCUT2D eigenvalue weighted by atomic mass is 10.0. The smallest absolute Gasteiger partial charge is 0.240 e. The van der Waals surface area contributed by atoms with Crippen LogP contribution in [-0.4, -0.2) is 39.4 Å². The van der Waals surface area contributed by atoms with E-state index in [0.717, 1.165) is 18.4 Å². The average molecular weight is 313 g/mol. The van der Waals surface area contributed by atoms with Crippen LogP contribution in [0.15, 0.2) is 29.2 Å². The van der Waals surface area contributed by atoms with Crippen molar-refractivity contribution in [3.63, 3.8) is 0 Å². The van der Waals surface area contributed by atoms with Gasteiger partial charge in [-0.25, -0.2) is 13.1 Å². The number of hydrogen-bond acceptors (Lipinski definition) is 4. The van der Waals surface area contributed by atoms with Crippen LogP contribution in [0.4, 0.5) is 0 Å². The topological polar surface area (TPSA) is 75.6 Å². The molecule has 2 unspecified atom stereocenters. The van der Waals surface area contributed by atoms with E-state index in [1.54, 1.807) is 24.3 Å². The van der Waals surface area contributed by atoms with Crippen LogP contribution in [0, 0.1) is 5.92 Å². The van der Waals surface area contributed by atoms with E-state index in [4.69, 9.17) is 9.84 Å². The predicted octanol–water partition coefficient (Wildman–Crippen LogP) is 1.31. The van der Waals surface area contributed by atoms with Gasteiger partial charge in [0.2, 0.25) is 10.0 Å². The number of aryl methyl sites for hydroxylation is 1. The molecule has 118 valence electrons. The Balaban J connectivity index is 1.95. The first-order chi connectivity index (χ1) is 10.0. The molecule has 0 aliphatic carbocycles.